The van der Waals surface area contributed by atoms with Gasteiger partial charge in [0.15, 0.2) is 6.61 Å². The van der Waals surface area contributed by atoms with Crippen molar-refractivity contribution in [3.05, 3.63) is 29.8 Å². The smallest absolute Gasteiger partial charge is 0.258 e. The van der Waals surface area contributed by atoms with Gasteiger partial charge in [0.05, 0.1) is 12.1 Å². The number of amides is 1. The third kappa shape index (κ3) is 3.47. The molecule has 1 fully saturated rings. The van der Waals surface area contributed by atoms with E-state index < -0.39 is 0 Å². The van der Waals surface area contributed by atoms with E-state index in [0.29, 0.717) is 5.92 Å². The number of aliphatic hydroxyl groups excluding tert-OH is 1. The third-order valence-electron chi connectivity index (χ3n) is 3.46. The Balaban J connectivity index is 1.90. The van der Waals surface area contributed by atoms with E-state index in [1.807, 2.05) is 24.3 Å². The van der Waals surface area contributed by atoms with Gasteiger partial charge in [-0.15, -0.1) is 0 Å². The molecule has 1 saturated carbocycles. The number of carbonyl (C=O) groups is 1. The van der Waals surface area contributed by atoms with Crippen molar-refractivity contribution in [2.45, 2.75) is 38.1 Å². The molecule has 0 unspecified atom stereocenters. The highest BCUT2D eigenvalue weighted by atomic mass is 16.5. The zero-order valence-corrected chi connectivity index (χ0v) is 11.5. The number of carbonyl (C=O) groups excluding carboxylic acids is 1. The standard InChI is InChI=1S/C15H21NO3/c1-11(2)12-5-3-4-6-13(12)19-9-14(18)16-15(10-17)7-8-15/h3-6,11,17H,7-10H2,1-2H3,(H,16,18). The second kappa shape index (κ2) is 5.61. The predicted octanol–water partition coefficient (Wildman–Crippen LogP) is 1.83. The van der Waals surface area contributed by atoms with Crippen LogP contribution in [0, 0.1) is 0 Å². The highest BCUT2D eigenvalue weighted by molar-refractivity contribution is 5.78. The largest absolute Gasteiger partial charge is 0.483 e. The predicted molar refractivity (Wildman–Crippen MR) is 73.2 cm³/mol. The minimum atomic E-state index is -0.377. The van der Waals surface area contributed by atoms with Gasteiger partial charge in [-0.05, 0) is 30.4 Å². The summed E-state index contributed by atoms with van der Waals surface area (Å²) in [6.45, 7) is 4.17. The molecule has 0 atom stereocenters. The van der Waals surface area contributed by atoms with Gasteiger partial charge >= 0.3 is 0 Å². The molecule has 0 spiro atoms. The molecule has 19 heavy (non-hydrogen) atoms. The summed E-state index contributed by atoms with van der Waals surface area (Å²) >= 11 is 0. The van der Waals surface area contributed by atoms with Gasteiger partial charge < -0.3 is 15.2 Å². The highest BCUT2D eigenvalue weighted by Crippen LogP contribution is 2.34. The molecule has 4 heteroatoms. The molecule has 104 valence electrons. The summed E-state index contributed by atoms with van der Waals surface area (Å²) in [6, 6.07) is 7.75. The van der Waals surface area contributed by atoms with Crippen molar-refractivity contribution in [1.29, 1.82) is 0 Å². The molecule has 1 aliphatic carbocycles. The maximum absolute atomic E-state index is 11.8. The van der Waals surface area contributed by atoms with Gasteiger partial charge in [0.25, 0.3) is 5.91 Å². The molecule has 0 heterocycles. The van der Waals surface area contributed by atoms with Crippen molar-refractivity contribution in [1.82, 2.24) is 5.32 Å². The Hall–Kier alpha value is -1.55. The summed E-state index contributed by atoms with van der Waals surface area (Å²) < 4.78 is 5.58. The number of aliphatic hydroxyl groups is 1. The molecule has 0 saturated heterocycles. The molecule has 0 radical (unpaired) electrons. The van der Waals surface area contributed by atoms with Crippen molar-refractivity contribution >= 4 is 5.91 Å². The molecule has 0 aromatic heterocycles. The second-order valence-corrected chi connectivity index (χ2v) is 5.47. The minimum Gasteiger partial charge on any atom is -0.483 e. The number of hydrogen-bond acceptors (Lipinski definition) is 3. The van der Waals surface area contributed by atoms with Gasteiger partial charge in [-0.3, -0.25) is 4.79 Å². The van der Waals surface area contributed by atoms with Crippen LogP contribution in [0.5, 0.6) is 5.75 Å². The Bertz CT molecular complexity index is 452. The number of ether oxygens (including phenoxy) is 1. The maximum Gasteiger partial charge on any atom is 0.258 e. The summed E-state index contributed by atoms with van der Waals surface area (Å²) in [5.74, 6) is 0.929. The Kier molecular flexibility index (Phi) is 4.10. The maximum atomic E-state index is 11.8. The first kappa shape index (κ1) is 13.9. The van der Waals surface area contributed by atoms with Crippen molar-refractivity contribution < 1.29 is 14.6 Å². The van der Waals surface area contributed by atoms with Gasteiger partial charge in [0.2, 0.25) is 0 Å². The Morgan fingerprint density at radius 1 is 1.42 bits per heavy atom. The van der Waals surface area contributed by atoms with E-state index in [0.717, 1.165) is 24.2 Å². The number of hydrogen-bond donors (Lipinski definition) is 2. The lowest BCUT2D eigenvalue weighted by Gasteiger charge is -2.16. The molecule has 1 amide bonds. The number of rotatable bonds is 6. The number of nitrogens with one attached hydrogen (secondary N) is 1. The van der Waals surface area contributed by atoms with Gasteiger partial charge in [-0.1, -0.05) is 32.0 Å². The molecule has 4 nitrogen and oxygen atoms in total. The van der Waals surface area contributed by atoms with E-state index in [1.165, 1.54) is 0 Å². The van der Waals surface area contributed by atoms with Crippen molar-refractivity contribution in [2.75, 3.05) is 13.2 Å². The summed E-state index contributed by atoms with van der Waals surface area (Å²) in [5, 5.41) is 12.0. The van der Waals surface area contributed by atoms with Crippen LogP contribution < -0.4 is 10.1 Å². The minimum absolute atomic E-state index is 0.00131. The van der Waals surface area contributed by atoms with Crippen LogP contribution in [0.25, 0.3) is 0 Å². The quantitative estimate of drug-likeness (QED) is 0.823. The highest BCUT2D eigenvalue weighted by Gasteiger charge is 2.43. The molecule has 2 rings (SSSR count). The summed E-state index contributed by atoms with van der Waals surface area (Å²) in [4.78, 5) is 11.8. The molecule has 0 bridgehead atoms. The van der Waals surface area contributed by atoms with Crippen LogP contribution in [-0.2, 0) is 4.79 Å². The van der Waals surface area contributed by atoms with E-state index in [4.69, 9.17) is 9.84 Å². The molecular weight excluding hydrogens is 242 g/mol. The molecule has 2 N–H and O–H groups in total. The molecule has 1 aliphatic rings. The van der Waals surface area contributed by atoms with Crippen LogP contribution in [0.2, 0.25) is 0 Å². The van der Waals surface area contributed by atoms with Crippen molar-refractivity contribution in [2.24, 2.45) is 0 Å². The van der Waals surface area contributed by atoms with Crippen LogP contribution in [0.4, 0.5) is 0 Å². The van der Waals surface area contributed by atoms with E-state index in [9.17, 15) is 4.79 Å². The van der Waals surface area contributed by atoms with E-state index >= 15 is 0 Å². The van der Waals surface area contributed by atoms with Crippen LogP contribution in [0.1, 0.15) is 38.2 Å². The van der Waals surface area contributed by atoms with Crippen molar-refractivity contribution in [3.63, 3.8) is 0 Å². The van der Waals surface area contributed by atoms with Crippen LogP contribution >= 0.6 is 0 Å². The van der Waals surface area contributed by atoms with Gasteiger partial charge in [-0.2, -0.15) is 0 Å². The summed E-state index contributed by atoms with van der Waals surface area (Å²) in [6.07, 6.45) is 1.69. The lowest BCUT2D eigenvalue weighted by Crippen LogP contribution is -2.42. The SMILES string of the molecule is CC(C)c1ccccc1OCC(=O)NC1(CO)CC1. The first-order chi connectivity index (χ1) is 9.06. The van der Waals surface area contributed by atoms with Gasteiger partial charge in [-0.25, -0.2) is 0 Å². The Morgan fingerprint density at radius 2 is 2.11 bits per heavy atom. The topological polar surface area (TPSA) is 58.6 Å². The number of benzene rings is 1. The van der Waals surface area contributed by atoms with Gasteiger partial charge in [0.1, 0.15) is 5.75 Å². The summed E-state index contributed by atoms with van der Waals surface area (Å²) in [5.41, 5.74) is 0.719. The lowest BCUT2D eigenvalue weighted by molar-refractivity contribution is -0.124. The van der Waals surface area contributed by atoms with E-state index in [-0.39, 0.29) is 24.7 Å². The fourth-order valence-corrected chi connectivity index (χ4v) is 2.04. The average Bonchev–Trinajstić information content (AvgIpc) is 3.17. The number of para-hydroxylation sites is 1. The molecule has 1 aromatic rings. The van der Waals surface area contributed by atoms with Crippen LogP contribution in [0.3, 0.4) is 0 Å². The zero-order chi connectivity index (χ0) is 13.9. The van der Waals surface area contributed by atoms with E-state index in [2.05, 4.69) is 19.2 Å². The lowest BCUT2D eigenvalue weighted by atomic mass is 10.0. The Labute approximate surface area is 113 Å². The summed E-state index contributed by atoms with van der Waals surface area (Å²) in [7, 11) is 0. The average molecular weight is 263 g/mol. The zero-order valence-electron chi connectivity index (χ0n) is 11.5. The first-order valence-electron chi connectivity index (χ1n) is 6.70. The normalized spacial score (nSPS) is 16.2. The van der Waals surface area contributed by atoms with Gasteiger partial charge in [0, 0.05) is 0 Å². The monoisotopic (exact) mass is 263 g/mol. The molecular formula is C15H21NO3. The molecule has 0 aliphatic heterocycles. The second-order valence-electron chi connectivity index (χ2n) is 5.47. The molecule has 1 aromatic carbocycles. The van der Waals surface area contributed by atoms with Crippen LogP contribution in [0.15, 0.2) is 24.3 Å². The Morgan fingerprint density at radius 3 is 2.68 bits per heavy atom. The van der Waals surface area contributed by atoms with Crippen molar-refractivity contribution in [3.8, 4) is 5.75 Å². The fourth-order valence-electron chi connectivity index (χ4n) is 2.04. The third-order valence-corrected chi connectivity index (χ3v) is 3.46. The van der Waals surface area contributed by atoms with Crippen LogP contribution in [-0.4, -0.2) is 29.8 Å². The fraction of sp³-hybridized carbons (Fsp3) is 0.533. The first-order valence-corrected chi connectivity index (χ1v) is 6.70. The van der Waals surface area contributed by atoms with E-state index in [1.54, 1.807) is 0 Å².